The number of hydrogen-bond donors (Lipinski definition) is 1. The molecule has 1 saturated heterocycles. The third kappa shape index (κ3) is 2.93. The molecule has 0 spiro atoms. The monoisotopic (exact) mass is 288 g/mol. The predicted octanol–water partition coefficient (Wildman–Crippen LogP) is 1.26. The highest BCUT2D eigenvalue weighted by atomic mass is 15.4. The highest BCUT2D eigenvalue weighted by molar-refractivity contribution is 5.41. The second-order valence-electron chi connectivity index (χ2n) is 5.21. The largest absolute Gasteiger partial charge is 0.354 e. The molecule has 3 rings (SSSR count). The fourth-order valence-electron chi connectivity index (χ4n) is 2.44. The smallest absolute Gasteiger partial charge is 0.258 e. The molecule has 8 heteroatoms. The van der Waals surface area contributed by atoms with Crippen LogP contribution in [0.1, 0.15) is 33.1 Å². The minimum absolute atomic E-state index is 0.454. The zero-order valence-electron chi connectivity index (χ0n) is 12.4. The molecule has 1 aliphatic rings. The van der Waals surface area contributed by atoms with Crippen molar-refractivity contribution in [2.45, 2.75) is 39.2 Å². The predicted molar refractivity (Wildman–Crippen MR) is 79.6 cm³/mol. The summed E-state index contributed by atoms with van der Waals surface area (Å²) in [6.07, 6.45) is 6.42. The van der Waals surface area contributed by atoms with Gasteiger partial charge in [-0.05, 0) is 26.2 Å². The molecule has 0 aromatic carbocycles. The lowest BCUT2D eigenvalue weighted by Crippen LogP contribution is -2.29. The first-order valence-corrected chi connectivity index (χ1v) is 7.39. The van der Waals surface area contributed by atoms with Gasteiger partial charge in [0.25, 0.3) is 5.95 Å². The molecule has 3 heterocycles. The Morgan fingerprint density at radius 1 is 1.29 bits per heavy atom. The summed E-state index contributed by atoms with van der Waals surface area (Å²) >= 11 is 0. The van der Waals surface area contributed by atoms with Gasteiger partial charge in [0.15, 0.2) is 0 Å². The standard InChI is InChI=1S/C13H20N8/c1-3-6-15-11-17-12(20-7-4-5-10(20)2)19-13(18-11)21-9-14-8-16-21/h8-10H,3-7H2,1-2H3,(H,15,17,18,19). The Bertz CT molecular complexity index is 582. The summed E-state index contributed by atoms with van der Waals surface area (Å²) in [7, 11) is 0. The van der Waals surface area contributed by atoms with Crippen molar-refractivity contribution in [1.29, 1.82) is 0 Å². The van der Waals surface area contributed by atoms with Crippen LogP contribution < -0.4 is 10.2 Å². The van der Waals surface area contributed by atoms with Crippen molar-refractivity contribution in [1.82, 2.24) is 29.7 Å². The van der Waals surface area contributed by atoms with E-state index in [1.165, 1.54) is 19.2 Å². The number of aromatic nitrogens is 6. The molecule has 0 amide bonds. The van der Waals surface area contributed by atoms with Crippen LogP contribution in [0.15, 0.2) is 12.7 Å². The van der Waals surface area contributed by atoms with Gasteiger partial charge in [0.1, 0.15) is 12.7 Å². The summed E-state index contributed by atoms with van der Waals surface area (Å²) in [6, 6.07) is 0.454. The molecule has 21 heavy (non-hydrogen) atoms. The van der Waals surface area contributed by atoms with Gasteiger partial charge in [-0.2, -0.15) is 24.7 Å². The van der Waals surface area contributed by atoms with Crippen LogP contribution in [0.2, 0.25) is 0 Å². The van der Waals surface area contributed by atoms with Crippen LogP contribution in [0.4, 0.5) is 11.9 Å². The van der Waals surface area contributed by atoms with E-state index in [0.29, 0.717) is 23.9 Å². The molecule has 0 aliphatic carbocycles. The third-order valence-electron chi connectivity index (χ3n) is 3.58. The topological polar surface area (TPSA) is 84.7 Å². The van der Waals surface area contributed by atoms with Crippen molar-refractivity contribution in [3.63, 3.8) is 0 Å². The lowest BCUT2D eigenvalue weighted by molar-refractivity contribution is 0.704. The van der Waals surface area contributed by atoms with Crippen molar-refractivity contribution in [2.24, 2.45) is 0 Å². The second kappa shape index (κ2) is 6.02. The molecule has 0 bridgehead atoms. The molecule has 112 valence electrons. The number of rotatable bonds is 5. The highest BCUT2D eigenvalue weighted by Gasteiger charge is 2.24. The van der Waals surface area contributed by atoms with Crippen molar-refractivity contribution in [3.8, 4) is 5.95 Å². The summed E-state index contributed by atoms with van der Waals surface area (Å²) in [6.45, 7) is 6.12. The van der Waals surface area contributed by atoms with E-state index in [-0.39, 0.29) is 0 Å². The fourth-order valence-corrected chi connectivity index (χ4v) is 2.44. The van der Waals surface area contributed by atoms with Crippen LogP contribution in [0.5, 0.6) is 0 Å². The third-order valence-corrected chi connectivity index (χ3v) is 3.58. The van der Waals surface area contributed by atoms with Gasteiger partial charge >= 0.3 is 0 Å². The Hall–Kier alpha value is -2.25. The lowest BCUT2D eigenvalue weighted by Gasteiger charge is -2.22. The molecular formula is C13H20N8. The lowest BCUT2D eigenvalue weighted by atomic mass is 10.2. The molecule has 1 fully saturated rings. The van der Waals surface area contributed by atoms with Crippen LogP contribution in [0.3, 0.4) is 0 Å². The highest BCUT2D eigenvalue weighted by Crippen LogP contribution is 2.23. The van der Waals surface area contributed by atoms with E-state index in [1.807, 2.05) is 0 Å². The maximum atomic E-state index is 4.54. The summed E-state index contributed by atoms with van der Waals surface area (Å²) in [4.78, 5) is 19.7. The van der Waals surface area contributed by atoms with E-state index in [2.05, 4.69) is 49.1 Å². The first kappa shape index (κ1) is 13.7. The quantitative estimate of drug-likeness (QED) is 0.886. The Kier molecular flexibility index (Phi) is 3.94. The zero-order chi connectivity index (χ0) is 14.7. The fraction of sp³-hybridized carbons (Fsp3) is 0.615. The number of nitrogens with zero attached hydrogens (tertiary/aromatic N) is 7. The van der Waals surface area contributed by atoms with Gasteiger partial charge in [0.05, 0.1) is 0 Å². The molecule has 2 aromatic heterocycles. The van der Waals surface area contributed by atoms with Gasteiger partial charge < -0.3 is 10.2 Å². The Balaban J connectivity index is 1.96. The molecule has 1 unspecified atom stereocenters. The van der Waals surface area contributed by atoms with E-state index in [9.17, 15) is 0 Å². The summed E-state index contributed by atoms with van der Waals surface area (Å²) < 4.78 is 1.56. The van der Waals surface area contributed by atoms with Gasteiger partial charge in [-0.25, -0.2) is 4.98 Å². The van der Waals surface area contributed by atoms with E-state index >= 15 is 0 Å². The van der Waals surface area contributed by atoms with Gasteiger partial charge in [0.2, 0.25) is 11.9 Å². The molecule has 0 radical (unpaired) electrons. The van der Waals surface area contributed by atoms with Crippen LogP contribution >= 0.6 is 0 Å². The van der Waals surface area contributed by atoms with E-state index in [0.717, 1.165) is 19.5 Å². The zero-order valence-corrected chi connectivity index (χ0v) is 12.4. The second-order valence-corrected chi connectivity index (χ2v) is 5.21. The SMILES string of the molecule is CCCNc1nc(N2CCCC2C)nc(-n2cncn2)n1. The molecule has 1 N–H and O–H groups in total. The van der Waals surface area contributed by atoms with E-state index in [1.54, 1.807) is 11.0 Å². The van der Waals surface area contributed by atoms with Crippen molar-refractivity contribution < 1.29 is 0 Å². The first-order chi connectivity index (χ1) is 10.3. The van der Waals surface area contributed by atoms with Crippen LogP contribution in [-0.2, 0) is 0 Å². The van der Waals surface area contributed by atoms with Crippen LogP contribution in [0.25, 0.3) is 5.95 Å². The summed E-state index contributed by atoms with van der Waals surface area (Å²) in [5.74, 6) is 1.79. The minimum atomic E-state index is 0.454. The van der Waals surface area contributed by atoms with E-state index in [4.69, 9.17) is 0 Å². The number of anilines is 2. The molecule has 1 aliphatic heterocycles. The van der Waals surface area contributed by atoms with E-state index < -0.39 is 0 Å². The van der Waals surface area contributed by atoms with Crippen molar-refractivity contribution in [2.75, 3.05) is 23.3 Å². The van der Waals surface area contributed by atoms with Crippen LogP contribution in [0, 0.1) is 0 Å². The maximum absolute atomic E-state index is 4.54. The molecular weight excluding hydrogens is 268 g/mol. The summed E-state index contributed by atoms with van der Waals surface area (Å²) in [5.41, 5.74) is 0. The normalized spacial score (nSPS) is 18.2. The van der Waals surface area contributed by atoms with Gasteiger partial charge in [-0.3, -0.25) is 0 Å². The molecule has 2 aromatic rings. The molecule has 1 atom stereocenters. The average Bonchev–Trinajstić information content (AvgIpc) is 3.16. The molecule has 0 saturated carbocycles. The van der Waals surface area contributed by atoms with Crippen molar-refractivity contribution in [3.05, 3.63) is 12.7 Å². The first-order valence-electron chi connectivity index (χ1n) is 7.39. The van der Waals surface area contributed by atoms with Gasteiger partial charge in [0, 0.05) is 19.1 Å². The summed E-state index contributed by atoms with van der Waals surface area (Å²) in [5, 5.41) is 7.33. The Labute approximate surface area is 123 Å². The van der Waals surface area contributed by atoms with Gasteiger partial charge in [-0.1, -0.05) is 6.92 Å². The average molecular weight is 288 g/mol. The number of nitrogens with one attached hydrogen (secondary N) is 1. The Morgan fingerprint density at radius 3 is 2.81 bits per heavy atom. The number of hydrogen-bond acceptors (Lipinski definition) is 7. The minimum Gasteiger partial charge on any atom is -0.354 e. The van der Waals surface area contributed by atoms with Crippen molar-refractivity contribution >= 4 is 11.9 Å². The maximum Gasteiger partial charge on any atom is 0.258 e. The van der Waals surface area contributed by atoms with Gasteiger partial charge in [-0.15, -0.1) is 0 Å². The molecule has 8 nitrogen and oxygen atoms in total. The Morgan fingerprint density at radius 2 is 2.14 bits per heavy atom. The van der Waals surface area contributed by atoms with Crippen LogP contribution in [-0.4, -0.2) is 48.8 Å².